The Morgan fingerprint density at radius 1 is 0.771 bits per heavy atom. The number of hydrogen-bond acceptors (Lipinski definition) is 18. The molecule has 2 saturated heterocycles. The molecule has 2 aliphatic heterocycles. The molecule has 13 N–H and O–H groups in total. The standard InChI is InChI=1S/C10H13N5O4.C10H13N5O3.C5H5N5O/c11-10-13-8-7(9(18)14-10)12-3-15(8)6-1-4(17)5(2-16)19-6;11-9-8-10(13-3-12-9)15(4-14-8)7-1-5(17)6(2-16)18-7;6-5-9-3-2(4(11)10-5)7-1-8-3/h3-6,16-17H,1-2H2,(H3,11,13,14,18);3-7,16-17H,1-2H2,(H2,11,12,13);1H,(H4,6,7,8,9,10,11)/t4-,5+,6+;5-,6+,7+;/m00./s1. The molecule has 23 nitrogen and oxygen atoms in total. The quantitative estimate of drug-likeness (QED) is 0.0874. The number of aromatic nitrogens is 12. The second-order valence-electron chi connectivity index (χ2n) is 10.6. The molecule has 254 valence electrons. The first-order valence-electron chi connectivity index (χ1n) is 14.3. The highest BCUT2D eigenvalue weighted by Gasteiger charge is 2.36. The zero-order chi connectivity index (χ0) is 34.1. The highest BCUT2D eigenvalue weighted by atomic mass is 16.5. The maximum Gasteiger partial charge on any atom is 0.280 e. The van der Waals surface area contributed by atoms with E-state index in [-0.39, 0.29) is 48.3 Å². The van der Waals surface area contributed by atoms with Gasteiger partial charge in [0.05, 0.1) is 44.4 Å². The molecule has 0 unspecified atom stereocenters. The van der Waals surface area contributed by atoms with E-state index in [0.717, 1.165) is 0 Å². The van der Waals surface area contributed by atoms with Crippen molar-refractivity contribution in [2.45, 2.75) is 49.7 Å². The Kier molecular flexibility index (Phi) is 8.94. The third-order valence-corrected chi connectivity index (χ3v) is 7.54. The number of nitrogens with two attached hydrogens (primary N) is 3. The number of fused-ring (bicyclic) bond motifs is 3. The predicted molar refractivity (Wildman–Crippen MR) is 164 cm³/mol. The third kappa shape index (κ3) is 6.23. The molecule has 8 rings (SSSR count). The second-order valence-corrected chi connectivity index (χ2v) is 10.6. The van der Waals surface area contributed by atoms with Crippen molar-refractivity contribution < 1.29 is 29.9 Å². The van der Waals surface area contributed by atoms with Crippen LogP contribution in [0.3, 0.4) is 0 Å². The molecule has 8 heterocycles. The fraction of sp³-hybridized carbons (Fsp3) is 0.400. The van der Waals surface area contributed by atoms with E-state index in [4.69, 9.17) is 36.9 Å². The van der Waals surface area contributed by atoms with Gasteiger partial charge in [0.2, 0.25) is 11.9 Å². The van der Waals surface area contributed by atoms with Crippen LogP contribution in [-0.4, -0.2) is 117 Å². The summed E-state index contributed by atoms with van der Waals surface area (Å²) in [6.45, 7) is -0.498. The number of aromatic amines is 3. The van der Waals surface area contributed by atoms with Gasteiger partial charge in [-0.05, 0) is 0 Å². The lowest BCUT2D eigenvalue weighted by Gasteiger charge is -2.13. The topological polar surface area (TPSA) is 359 Å². The molecule has 6 aromatic rings. The molecule has 0 bridgehead atoms. The summed E-state index contributed by atoms with van der Waals surface area (Å²) in [5.41, 5.74) is 17.9. The van der Waals surface area contributed by atoms with E-state index in [1.165, 1.54) is 23.5 Å². The fourth-order valence-electron chi connectivity index (χ4n) is 5.19. The van der Waals surface area contributed by atoms with Crippen LogP contribution in [0.5, 0.6) is 0 Å². The number of hydrogen-bond donors (Lipinski definition) is 10. The summed E-state index contributed by atoms with van der Waals surface area (Å²) in [6, 6.07) is 0. The van der Waals surface area contributed by atoms with Gasteiger partial charge in [-0.15, -0.1) is 0 Å². The monoisotopic (exact) mass is 669 g/mol. The summed E-state index contributed by atoms with van der Waals surface area (Å²) >= 11 is 0. The molecule has 2 aliphatic rings. The average molecular weight is 670 g/mol. The number of nitrogen functional groups attached to an aromatic ring is 3. The molecular formula is C25H31N15O8. The zero-order valence-corrected chi connectivity index (χ0v) is 24.8. The molecule has 0 aromatic carbocycles. The van der Waals surface area contributed by atoms with Gasteiger partial charge in [0.25, 0.3) is 11.1 Å². The van der Waals surface area contributed by atoms with Crippen LogP contribution in [0.1, 0.15) is 25.3 Å². The van der Waals surface area contributed by atoms with E-state index in [1.807, 2.05) is 0 Å². The van der Waals surface area contributed by atoms with Crippen LogP contribution in [0.4, 0.5) is 17.7 Å². The van der Waals surface area contributed by atoms with E-state index in [9.17, 15) is 19.8 Å². The van der Waals surface area contributed by atoms with E-state index in [0.29, 0.717) is 34.6 Å². The molecule has 6 aromatic heterocycles. The van der Waals surface area contributed by atoms with Crippen molar-refractivity contribution in [3.8, 4) is 0 Å². The Bertz CT molecular complexity index is 2160. The largest absolute Gasteiger partial charge is 0.394 e. The van der Waals surface area contributed by atoms with Gasteiger partial charge in [0.15, 0.2) is 33.8 Å². The molecule has 0 aliphatic carbocycles. The van der Waals surface area contributed by atoms with Gasteiger partial charge in [-0.3, -0.25) is 28.7 Å². The number of H-pyrrole nitrogens is 3. The Morgan fingerprint density at radius 3 is 1.98 bits per heavy atom. The summed E-state index contributed by atoms with van der Waals surface area (Å²) in [5.74, 6) is 0.363. The smallest absolute Gasteiger partial charge is 0.280 e. The Hall–Kier alpha value is -5.59. The van der Waals surface area contributed by atoms with Gasteiger partial charge in [0, 0.05) is 12.8 Å². The number of nitrogens with zero attached hydrogens (tertiary/aromatic N) is 9. The van der Waals surface area contributed by atoms with Crippen molar-refractivity contribution in [1.82, 2.24) is 59.0 Å². The maximum atomic E-state index is 11.6. The first-order chi connectivity index (χ1) is 23.1. The normalized spacial score (nSPS) is 23.7. The zero-order valence-electron chi connectivity index (χ0n) is 24.8. The molecule has 0 radical (unpaired) electrons. The van der Waals surface area contributed by atoms with Gasteiger partial charge in [-0.1, -0.05) is 0 Å². The number of imidazole rings is 3. The number of nitrogens with one attached hydrogen (secondary N) is 3. The first kappa shape index (κ1) is 32.4. The molecule has 0 saturated carbocycles. The minimum Gasteiger partial charge on any atom is -0.394 e. The summed E-state index contributed by atoms with van der Waals surface area (Å²) in [4.78, 5) is 57.6. The van der Waals surface area contributed by atoms with Crippen LogP contribution < -0.4 is 28.3 Å². The van der Waals surface area contributed by atoms with Crippen molar-refractivity contribution in [3.63, 3.8) is 0 Å². The van der Waals surface area contributed by atoms with Crippen molar-refractivity contribution in [2.75, 3.05) is 30.4 Å². The minimum absolute atomic E-state index is 0.0171. The van der Waals surface area contributed by atoms with Crippen LogP contribution in [0, 0.1) is 0 Å². The highest BCUT2D eigenvalue weighted by molar-refractivity contribution is 5.81. The van der Waals surface area contributed by atoms with Gasteiger partial charge >= 0.3 is 0 Å². The lowest BCUT2D eigenvalue weighted by Crippen LogP contribution is -2.24. The molecule has 23 heteroatoms. The summed E-state index contributed by atoms with van der Waals surface area (Å²) in [6.07, 6.45) is 2.72. The maximum absolute atomic E-state index is 11.6. The molecule has 0 amide bonds. The molecular weight excluding hydrogens is 638 g/mol. The number of ether oxygens (including phenoxy) is 2. The highest BCUT2D eigenvalue weighted by Crippen LogP contribution is 2.31. The first-order valence-corrected chi connectivity index (χ1v) is 14.3. The van der Waals surface area contributed by atoms with Crippen LogP contribution in [-0.2, 0) is 9.47 Å². The third-order valence-electron chi connectivity index (χ3n) is 7.54. The molecule has 6 atom stereocenters. The Labute approximate surface area is 266 Å². The van der Waals surface area contributed by atoms with Gasteiger partial charge in [-0.2, -0.15) is 9.97 Å². The van der Waals surface area contributed by atoms with Crippen molar-refractivity contribution in [1.29, 1.82) is 0 Å². The predicted octanol–water partition coefficient (Wildman–Crippen LogP) is -3.38. The van der Waals surface area contributed by atoms with Crippen LogP contribution in [0.2, 0.25) is 0 Å². The lowest BCUT2D eigenvalue weighted by molar-refractivity contribution is -0.0432. The van der Waals surface area contributed by atoms with E-state index in [1.54, 1.807) is 10.9 Å². The fourth-order valence-corrected chi connectivity index (χ4v) is 5.19. The van der Waals surface area contributed by atoms with Crippen LogP contribution in [0.15, 0.2) is 34.9 Å². The second kappa shape index (κ2) is 13.3. The number of aliphatic hydroxyl groups is 4. The van der Waals surface area contributed by atoms with Crippen molar-refractivity contribution in [3.05, 3.63) is 46.0 Å². The van der Waals surface area contributed by atoms with Gasteiger partial charge in [0.1, 0.15) is 36.5 Å². The number of rotatable bonds is 4. The lowest BCUT2D eigenvalue weighted by atomic mass is 10.2. The average Bonchev–Trinajstić information content (AvgIpc) is 3.88. The summed E-state index contributed by atoms with van der Waals surface area (Å²) in [7, 11) is 0. The number of aliphatic hydroxyl groups excluding tert-OH is 4. The van der Waals surface area contributed by atoms with Crippen molar-refractivity contribution in [2.24, 2.45) is 0 Å². The van der Waals surface area contributed by atoms with Crippen molar-refractivity contribution >= 4 is 51.2 Å². The molecule has 2 fully saturated rings. The van der Waals surface area contributed by atoms with E-state index >= 15 is 0 Å². The SMILES string of the molecule is Nc1nc2c(ncn2[C@H]2C[C@H](O)[C@@H](CO)O2)c(=O)[nH]1.Nc1nc2nc[nH]c2c(=O)[nH]1.Nc1ncnc2c1ncn2[C@H]1C[C@H](O)[C@@H](CO)O1. The van der Waals surface area contributed by atoms with Crippen LogP contribution in [0.25, 0.3) is 33.5 Å². The Morgan fingerprint density at radius 2 is 1.35 bits per heavy atom. The number of anilines is 3. The van der Waals surface area contributed by atoms with E-state index < -0.39 is 42.4 Å². The van der Waals surface area contributed by atoms with Crippen LogP contribution >= 0.6 is 0 Å². The van der Waals surface area contributed by atoms with Gasteiger partial charge in [-0.25, -0.2) is 24.9 Å². The summed E-state index contributed by atoms with van der Waals surface area (Å²) in [5, 5.41) is 37.5. The Balaban J connectivity index is 0.000000130. The van der Waals surface area contributed by atoms with E-state index in [2.05, 4.69) is 49.8 Å². The summed E-state index contributed by atoms with van der Waals surface area (Å²) < 4.78 is 14.2. The minimum atomic E-state index is -0.771. The molecule has 48 heavy (non-hydrogen) atoms. The molecule has 0 spiro atoms. The van der Waals surface area contributed by atoms with Gasteiger partial charge < -0.3 is 52.1 Å².